The Kier molecular flexibility index (Phi) is 2.50. The lowest BCUT2D eigenvalue weighted by atomic mass is 10.3. The van der Waals surface area contributed by atoms with E-state index in [2.05, 4.69) is 26.1 Å². The Labute approximate surface area is 66.6 Å². The number of hydrogen-bond acceptors (Lipinski definition) is 3. The summed E-state index contributed by atoms with van der Waals surface area (Å²) in [4.78, 5) is 13.7. The van der Waals surface area contributed by atoms with Crippen LogP contribution in [0.4, 0.5) is 0 Å². The second-order valence-electron chi connectivity index (χ2n) is 1.74. The maximum atomic E-state index is 9.83. The summed E-state index contributed by atoms with van der Waals surface area (Å²) in [6.45, 7) is 0.175. The van der Waals surface area contributed by atoms with Crippen LogP contribution in [0.1, 0.15) is 5.56 Å². The lowest BCUT2D eigenvalue weighted by molar-refractivity contribution is 1.02. The zero-order chi connectivity index (χ0) is 7.40. The van der Waals surface area contributed by atoms with E-state index in [1.807, 2.05) is 0 Å². The van der Waals surface area contributed by atoms with Crippen molar-refractivity contribution in [3.05, 3.63) is 33.4 Å². The fraction of sp³-hybridized carbons (Fsp3) is 0.167. The molecule has 4 heteroatoms. The average molecular weight is 201 g/mol. The molecule has 0 aromatic carbocycles. The predicted molar refractivity (Wildman–Crippen MR) is 41.4 cm³/mol. The molecule has 0 saturated carbocycles. The third kappa shape index (κ3) is 1.60. The number of nitrogens with zero attached hydrogens (tertiary/aromatic N) is 2. The zero-order valence-electron chi connectivity index (χ0n) is 5.12. The van der Waals surface area contributed by atoms with Gasteiger partial charge in [-0.15, -0.1) is 0 Å². The molecule has 1 aromatic heterocycles. The van der Waals surface area contributed by atoms with Gasteiger partial charge in [0.25, 0.3) is 0 Å². The Balaban J connectivity index is 2.91. The van der Waals surface area contributed by atoms with Crippen molar-refractivity contribution in [2.45, 2.75) is 6.54 Å². The highest BCUT2D eigenvalue weighted by atomic mass is 79.9. The van der Waals surface area contributed by atoms with Crippen molar-refractivity contribution < 1.29 is 0 Å². The monoisotopic (exact) mass is 200 g/mol. The van der Waals surface area contributed by atoms with Crippen molar-refractivity contribution in [2.75, 3.05) is 0 Å². The van der Waals surface area contributed by atoms with Gasteiger partial charge in [-0.2, -0.15) is 4.91 Å². The van der Waals surface area contributed by atoms with E-state index in [0.717, 1.165) is 5.56 Å². The summed E-state index contributed by atoms with van der Waals surface area (Å²) < 4.78 is 0.689. The van der Waals surface area contributed by atoms with Gasteiger partial charge in [0.2, 0.25) is 0 Å². The van der Waals surface area contributed by atoms with Crippen LogP contribution in [-0.2, 0) is 6.54 Å². The summed E-state index contributed by atoms with van der Waals surface area (Å²) in [6.07, 6.45) is 1.65. The lowest BCUT2D eigenvalue weighted by Gasteiger charge is -1.94. The molecule has 52 valence electrons. The largest absolute Gasteiger partial charge is 0.249 e. The number of hydrogen-bond donors (Lipinski definition) is 0. The average Bonchev–Trinajstić information content (AvgIpc) is 1.94. The van der Waals surface area contributed by atoms with E-state index in [1.54, 1.807) is 18.3 Å². The molecule has 1 rings (SSSR count). The first-order chi connectivity index (χ1) is 4.84. The molecule has 0 fully saturated rings. The highest BCUT2D eigenvalue weighted by Gasteiger charge is 1.96. The van der Waals surface area contributed by atoms with Crippen LogP contribution in [0.2, 0.25) is 0 Å². The van der Waals surface area contributed by atoms with Crippen LogP contribution in [0.5, 0.6) is 0 Å². The van der Waals surface area contributed by atoms with Crippen molar-refractivity contribution in [3.63, 3.8) is 0 Å². The molecule has 0 aliphatic heterocycles. The van der Waals surface area contributed by atoms with Crippen molar-refractivity contribution in [1.82, 2.24) is 4.98 Å². The van der Waals surface area contributed by atoms with Gasteiger partial charge in [0.15, 0.2) is 0 Å². The van der Waals surface area contributed by atoms with Gasteiger partial charge in [-0.3, -0.25) is 0 Å². The molecule has 0 radical (unpaired) electrons. The molecule has 10 heavy (non-hydrogen) atoms. The summed E-state index contributed by atoms with van der Waals surface area (Å²) in [5, 5.41) is 2.75. The Hall–Kier alpha value is -0.770. The molecule has 0 amide bonds. The van der Waals surface area contributed by atoms with E-state index in [-0.39, 0.29) is 6.54 Å². The molecule has 0 atom stereocenters. The molecule has 0 unspecified atom stereocenters. The highest BCUT2D eigenvalue weighted by Crippen LogP contribution is 2.12. The normalized spacial score (nSPS) is 9.30. The molecular weight excluding hydrogens is 196 g/mol. The van der Waals surface area contributed by atoms with E-state index < -0.39 is 0 Å². The molecule has 0 aliphatic carbocycles. The molecule has 0 N–H and O–H groups in total. The quantitative estimate of drug-likeness (QED) is 0.543. The van der Waals surface area contributed by atoms with Gasteiger partial charge in [0.1, 0.15) is 11.1 Å². The predicted octanol–water partition coefficient (Wildman–Crippen LogP) is 2.11. The lowest BCUT2D eigenvalue weighted by Crippen LogP contribution is -1.84. The third-order valence-corrected chi connectivity index (χ3v) is 1.79. The van der Waals surface area contributed by atoms with Crippen molar-refractivity contribution in [1.29, 1.82) is 0 Å². The maximum absolute atomic E-state index is 9.83. The number of halogens is 1. The topological polar surface area (TPSA) is 42.3 Å². The van der Waals surface area contributed by atoms with E-state index in [9.17, 15) is 4.91 Å². The highest BCUT2D eigenvalue weighted by molar-refractivity contribution is 9.10. The molecule has 1 heterocycles. The smallest absolute Gasteiger partial charge is 0.111 e. The molecule has 0 aliphatic rings. The van der Waals surface area contributed by atoms with Crippen LogP contribution in [-0.4, -0.2) is 4.98 Å². The van der Waals surface area contributed by atoms with Gasteiger partial charge in [-0.05, 0) is 22.0 Å². The third-order valence-electron chi connectivity index (χ3n) is 1.07. The van der Waals surface area contributed by atoms with Gasteiger partial charge >= 0.3 is 0 Å². The Bertz CT molecular complexity index is 239. The molecule has 3 nitrogen and oxygen atoms in total. The van der Waals surface area contributed by atoms with Crippen molar-refractivity contribution in [3.8, 4) is 0 Å². The maximum Gasteiger partial charge on any atom is 0.111 e. The SMILES string of the molecule is O=NCc1cccnc1Br. The number of pyridine rings is 1. The van der Waals surface area contributed by atoms with Gasteiger partial charge in [0.05, 0.1) is 0 Å². The van der Waals surface area contributed by atoms with Crippen molar-refractivity contribution in [2.24, 2.45) is 5.18 Å². The van der Waals surface area contributed by atoms with Gasteiger partial charge in [0, 0.05) is 11.8 Å². The van der Waals surface area contributed by atoms with Crippen LogP contribution >= 0.6 is 15.9 Å². The molecular formula is C6H5BrN2O. The molecule has 0 bridgehead atoms. The van der Waals surface area contributed by atoms with Gasteiger partial charge < -0.3 is 0 Å². The summed E-state index contributed by atoms with van der Waals surface area (Å²) >= 11 is 3.19. The summed E-state index contributed by atoms with van der Waals surface area (Å²) in [5.41, 5.74) is 0.817. The minimum Gasteiger partial charge on any atom is -0.249 e. The van der Waals surface area contributed by atoms with Crippen molar-refractivity contribution >= 4 is 15.9 Å². The summed E-state index contributed by atoms with van der Waals surface area (Å²) in [7, 11) is 0. The molecule has 1 aromatic rings. The van der Waals surface area contributed by atoms with Crippen LogP contribution < -0.4 is 0 Å². The number of nitroso groups, excluding NO2 is 1. The van der Waals surface area contributed by atoms with Gasteiger partial charge in [-0.1, -0.05) is 11.2 Å². The van der Waals surface area contributed by atoms with Crippen LogP contribution in [0.15, 0.2) is 28.1 Å². The standard InChI is InChI=1S/C6H5BrN2O/c7-6-5(4-9-10)2-1-3-8-6/h1-3H,4H2. The number of rotatable bonds is 2. The second-order valence-corrected chi connectivity index (χ2v) is 2.49. The second kappa shape index (κ2) is 3.41. The van der Waals surface area contributed by atoms with Crippen LogP contribution in [0.25, 0.3) is 0 Å². The summed E-state index contributed by atoms with van der Waals surface area (Å²) in [6, 6.07) is 3.57. The molecule has 0 spiro atoms. The fourth-order valence-electron chi connectivity index (χ4n) is 0.607. The minimum absolute atomic E-state index is 0.175. The molecule has 0 saturated heterocycles. The summed E-state index contributed by atoms with van der Waals surface area (Å²) in [5.74, 6) is 0. The zero-order valence-corrected chi connectivity index (χ0v) is 6.71. The van der Waals surface area contributed by atoms with E-state index in [4.69, 9.17) is 0 Å². The first kappa shape index (κ1) is 7.34. The van der Waals surface area contributed by atoms with Crippen LogP contribution in [0, 0.1) is 4.91 Å². The minimum atomic E-state index is 0.175. The van der Waals surface area contributed by atoms with E-state index in [1.165, 1.54) is 0 Å². The first-order valence-electron chi connectivity index (χ1n) is 2.73. The van der Waals surface area contributed by atoms with E-state index >= 15 is 0 Å². The fourth-order valence-corrected chi connectivity index (χ4v) is 0.983. The van der Waals surface area contributed by atoms with Crippen LogP contribution in [0.3, 0.4) is 0 Å². The number of aromatic nitrogens is 1. The Morgan fingerprint density at radius 2 is 2.50 bits per heavy atom. The van der Waals surface area contributed by atoms with Gasteiger partial charge in [-0.25, -0.2) is 4.98 Å². The first-order valence-corrected chi connectivity index (χ1v) is 3.52. The Morgan fingerprint density at radius 3 is 3.10 bits per heavy atom. The van der Waals surface area contributed by atoms with E-state index in [0.29, 0.717) is 4.60 Å². The Morgan fingerprint density at radius 1 is 1.70 bits per heavy atom.